The molecule has 0 aromatic carbocycles. The first-order chi connectivity index (χ1) is 6.61. The number of H-pyrrole nitrogens is 1. The number of hydrogen-bond donors (Lipinski definition) is 4. The maximum absolute atomic E-state index is 10.3. The van der Waals surface area contributed by atoms with Crippen molar-refractivity contribution in [3.8, 4) is 0 Å². The van der Waals surface area contributed by atoms with E-state index in [4.69, 9.17) is 20.3 Å². The van der Waals surface area contributed by atoms with Gasteiger partial charge in [0.05, 0.1) is 12.0 Å². The monoisotopic (exact) mass is 221 g/mol. The summed E-state index contributed by atoms with van der Waals surface area (Å²) >= 11 is 0. The fraction of sp³-hybridized carbons (Fsp3) is 0.333. The Bertz CT molecular complexity index is 277. The van der Waals surface area contributed by atoms with Crippen molar-refractivity contribution in [3.63, 3.8) is 0 Å². The van der Waals surface area contributed by atoms with Crippen molar-refractivity contribution < 1.29 is 19.4 Å². The van der Waals surface area contributed by atoms with E-state index in [-0.39, 0.29) is 6.42 Å². The molecule has 0 aliphatic heterocycles. The second kappa shape index (κ2) is 7.25. The third-order valence-electron chi connectivity index (χ3n) is 1.30. The summed E-state index contributed by atoms with van der Waals surface area (Å²) in [6.45, 7) is 0. The lowest BCUT2D eigenvalue weighted by Crippen LogP contribution is -2.32. The molecule has 0 saturated carbocycles. The van der Waals surface area contributed by atoms with E-state index in [1.807, 2.05) is 0 Å². The second-order valence-electron chi connectivity index (χ2n) is 2.31. The minimum absolute atomic E-state index is 0.263. The van der Waals surface area contributed by atoms with Crippen molar-refractivity contribution in [1.82, 2.24) is 9.97 Å². The van der Waals surface area contributed by atoms with Gasteiger partial charge in [0, 0.05) is 12.6 Å². The zero-order valence-electron chi connectivity index (χ0n) is 7.25. The normalized spacial score (nSPS) is 12.1. The van der Waals surface area contributed by atoms with E-state index >= 15 is 0 Å². The summed E-state index contributed by atoms with van der Waals surface area (Å²) < 4.78 is 8.57. The third kappa shape index (κ3) is 5.47. The average Bonchev–Trinajstić information content (AvgIpc) is 2.58. The Morgan fingerprint density at radius 3 is 2.71 bits per heavy atom. The Labute approximate surface area is 81.3 Å². The molecule has 0 amide bonds. The van der Waals surface area contributed by atoms with Gasteiger partial charge in [0.15, 0.2) is 8.69 Å². The van der Waals surface area contributed by atoms with Crippen LogP contribution in [0.25, 0.3) is 0 Å². The van der Waals surface area contributed by atoms with Crippen LogP contribution in [0.4, 0.5) is 0 Å². The van der Waals surface area contributed by atoms with Gasteiger partial charge >= 0.3 is 5.97 Å². The van der Waals surface area contributed by atoms with Crippen LogP contribution >= 0.6 is 8.69 Å². The topological polar surface area (TPSA) is 129 Å². The van der Waals surface area contributed by atoms with E-state index in [2.05, 4.69) is 9.97 Å². The van der Waals surface area contributed by atoms with Crippen LogP contribution in [0.5, 0.6) is 0 Å². The summed E-state index contributed by atoms with van der Waals surface area (Å²) in [5.41, 5.74) is 5.92. The van der Waals surface area contributed by atoms with Gasteiger partial charge in [-0.15, -0.1) is 0 Å². The molecule has 1 rings (SSSR count). The van der Waals surface area contributed by atoms with Crippen molar-refractivity contribution in [2.45, 2.75) is 12.5 Å². The van der Waals surface area contributed by atoms with Gasteiger partial charge in [0.1, 0.15) is 6.04 Å². The molecule has 1 aromatic rings. The van der Waals surface area contributed by atoms with E-state index in [0.29, 0.717) is 5.69 Å². The van der Waals surface area contributed by atoms with Crippen LogP contribution in [0.3, 0.4) is 0 Å². The van der Waals surface area contributed by atoms with Gasteiger partial charge in [0.25, 0.3) is 0 Å². The average molecular weight is 221 g/mol. The summed E-state index contributed by atoms with van der Waals surface area (Å²) in [5.74, 6) is -1.01. The number of aromatic nitrogens is 2. The molecule has 14 heavy (non-hydrogen) atoms. The smallest absolute Gasteiger partial charge is 0.320 e. The standard InChI is InChI=1S/C6H9N3O2.H3O2P/c7-5(6(10)11)1-4-2-8-3-9-4;1-3-2/h2-3,5H,1,7H2,(H,8,9)(H,10,11);3H2,(H,1,2)/t5-;/m0./s1. The number of nitrogens with two attached hydrogens (primary N) is 1. The highest BCUT2D eigenvalue weighted by Gasteiger charge is 2.12. The lowest BCUT2D eigenvalue weighted by molar-refractivity contribution is -0.138. The van der Waals surface area contributed by atoms with Crippen molar-refractivity contribution in [3.05, 3.63) is 18.2 Å². The number of carboxylic acids is 1. The highest BCUT2D eigenvalue weighted by molar-refractivity contribution is 7.16. The van der Waals surface area contributed by atoms with Crippen LogP contribution in [0, 0.1) is 0 Å². The Morgan fingerprint density at radius 1 is 1.79 bits per heavy atom. The molecule has 0 fully saturated rings. The number of imidazole rings is 1. The predicted octanol–water partition coefficient (Wildman–Crippen LogP) is -0.986. The van der Waals surface area contributed by atoms with E-state index in [9.17, 15) is 4.79 Å². The van der Waals surface area contributed by atoms with Crippen LogP contribution in [0.2, 0.25) is 0 Å². The summed E-state index contributed by atoms with van der Waals surface area (Å²) in [4.78, 5) is 23.9. The van der Waals surface area contributed by atoms with E-state index in [1.54, 1.807) is 6.20 Å². The molecule has 0 bridgehead atoms. The number of hydrogen-bond acceptors (Lipinski definition) is 4. The Hall–Kier alpha value is -1.17. The Balaban J connectivity index is 0.000000500. The van der Waals surface area contributed by atoms with Gasteiger partial charge in [-0.2, -0.15) is 0 Å². The number of rotatable bonds is 3. The number of carboxylic acid groups (broad SMARTS) is 1. The fourth-order valence-corrected chi connectivity index (χ4v) is 0.715. The zero-order chi connectivity index (χ0) is 11.0. The molecule has 0 aliphatic rings. The Morgan fingerprint density at radius 2 is 2.36 bits per heavy atom. The van der Waals surface area contributed by atoms with Gasteiger partial charge in [-0.1, -0.05) is 0 Å². The second-order valence-corrected chi connectivity index (χ2v) is 2.53. The van der Waals surface area contributed by atoms with Crippen LogP contribution in [0.1, 0.15) is 5.69 Å². The van der Waals surface area contributed by atoms with Crippen molar-refractivity contribution in [2.24, 2.45) is 5.73 Å². The van der Waals surface area contributed by atoms with Gasteiger partial charge in [-0.3, -0.25) is 9.36 Å². The molecule has 1 unspecified atom stereocenters. The molecule has 0 saturated heterocycles. The first-order valence-electron chi connectivity index (χ1n) is 3.65. The highest BCUT2D eigenvalue weighted by atomic mass is 31.1. The molecule has 1 heterocycles. The van der Waals surface area contributed by atoms with Crippen LogP contribution in [-0.4, -0.2) is 32.0 Å². The number of nitrogens with one attached hydrogen (secondary N) is 1. The minimum Gasteiger partial charge on any atom is -0.480 e. The molecule has 80 valence electrons. The highest BCUT2D eigenvalue weighted by Crippen LogP contribution is 1.95. The summed E-state index contributed by atoms with van der Waals surface area (Å²) in [6.07, 6.45) is 3.38. The molecule has 7 nitrogen and oxygen atoms in total. The maximum atomic E-state index is 10.3. The molecule has 2 atom stereocenters. The molecule has 8 heteroatoms. The van der Waals surface area contributed by atoms with Crippen LogP contribution in [0.15, 0.2) is 12.5 Å². The van der Waals surface area contributed by atoms with Gasteiger partial charge in [-0.05, 0) is 0 Å². The number of aliphatic carboxylic acids is 1. The SMILES string of the molecule is N[C@@H](Cc1c[nH]cn1)C(=O)O.O=[PH2]O. The van der Waals surface area contributed by atoms with Crippen molar-refractivity contribution in [2.75, 3.05) is 0 Å². The maximum Gasteiger partial charge on any atom is 0.320 e. The summed E-state index contributed by atoms with van der Waals surface area (Å²) in [6, 6.07) is -0.863. The first-order valence-corrected chi connectivity index (χ1v) is 4.64. The first kappa shape index (κ1) is 12.8. The number of carbonyl (C=O) groups is 1. The van der Waals surface area contributed by atoms with Crippen molar-refractivity contribution in [1.29, 1.82) is 0 Å². The van der Waals surface area contributed by atoms with E-state index in [0.717, 1.165) is 0 Å². The third-order valence-corrected chi connectivity index (χ3v) is 1.30. The van der Waals surface area contributed by atoms with Gasteiger partial charge in [0.2, 0.25) is 0 Å². The molecular weight excluding hydrogens is 209 g/mol. The zero-order valence-corrected chi connectivity index (χ0v) is 8.41. The van der Waals surface area contributed by atoms with Crippen LogP contribution < -0.4 is 5.73 Å². The molecule has 5 N–H and O–H groups in total. The Kier molecular flexibility index (Phi) is 6.65. The van der Waals surface area contributed by atoms with Gasteiger partial charge in [-0.25, -0.2) is 4.98 Å². The van der Waals surface area contributed by atoms with E-state index < -0.39 is 20.7 Å². The van der Waals surface area contributed by atoms with Crippen LogP contribution in [-0.2, 0) is 15.8 Å². The largest absolute Gasteiger partial charge is 0.480 e. The quantitative estimate of drug-likeness (QED) is 0.485. The van der Waals surface area contributed by atoms with Gasteiger partial charge < -0.3 is 20.7 Å². The summed E-state index contributed by atoms with van der Waals surface area (Å²) in [5, 5.41) is 8.42. The molecule has 0 radical (unpaired) electrons. The van der Waals surface area contributed by atoms with E-state index in [1.165, 1.54) is 6.33 Å². The predicted molar refractivity (Wildman–Crippen MR) is 50.5 cm³/mol. The lowest BCUT2D eigenvalue weighted by atomic mass is 10.2. The molecule has 0 aliphatic carbocycles. The summed E-state index contributed by atoms with van der Waals surface area (Å²) in [7, 11) is -1.50. The molecule has 0 spiro atoms. The molecular formula is C6H12N3O4P. The van der Waals surface area contributed by atoms with Crippen molar-refractivity contribution >= 4 is 14.7 Å². The number of nitrogens with zero attached hydrogens (tertiary/aromatic N) is 1. The molecule has 1 aromatic heterocycles. The fourth-order valence-electron chi connectivity index (χ4n) is 0.715. The number of aromatic amines is 1. The minimum atomic E-state index is -1.50. The lowest BCUT2D eigenvalue weighted by Gasteiger charge is -2.01.